The molecule has 0 spiro atoms. The fourth-order valence-electron chi connectivity index (χ4n) is 3.66. The first-order valence-corrected chi connectivity index (χ1v) is 9.94. The van der Waals surface area contributed by atoms with Gasteiger partial charge in [-0.15, -0.1) is 0 Å². The number of carbonyl (C=O) groups excluding carboxylic acids is 1. The molecule has 6 heteroatoms. The average molecular weight is 403 g/mol. The van der Waals surface area contributed by atoms with Gasteiger partial charge in [0.1, 0.15) is 17.6 Å². The number of ether oxygens (including phenoxy) is 1. The minimum atomic E-state index is -0.241. The highest BCUT2D eigenvalue weighted by atomic mass is 16.5. The lowest BCUT2D eigenvalue weighted by Crippen LogP contribution is -2.36. The number of nitrogens with zero attached hydrogens (tertiary/aromatic N) is 3. The molecule has 0 N–H and O–H groups in total. The molecule has 1 atom stereocenters. The fourth-order valence-corrected chi connectivity index (χ4v) is 3.66. The number of hydrazone groups is 1. The largest absolute Gasteiger partial charge is 0.497 e. The number of carbonyl (C=O) groups is 1. The van der Waals surface area contributed by atoms with Crippen LogP contribution in [0.4, 0.5) is 0 Å². The highest BCUT2D eigenvalue weighted by Gasteiger charge is 2.35. The number of likely N-dealkylation sites (N-methyl/N-ethyl adjacent to an activating group) is 1. The van der Waals surface area contributed by atoms with Crippen LogP contribution >= 0.6 is 0 Å². The number of amides is 1. The molecule has 1 aromatic heterocycles. The molecule has 0 aliphatic carbocycles. The van der Waals surface area contributed by atoms with Gasteiger partial charge in [-0.05, 0) is 54.6 Å². The van der Waals surface area contributed by atoms with Crippen molar-refractivity contribution in [2.24, 2.45) is 5.10 Å². The second-order valence-corrected chi connectivity index (χ2v) is 7.41. The summed E-state index contributed by atoms with van der Waals surface area (Å²) in [6, 6.07) is 21.3. The van der Waals surface area contributed by atoms with E-state index in [0.29, 0.717) is 13.0 Å². The molecule has 154 valence electrons. The van der Waals surface area contributed by atoms with Crippen molar-refractivity contribution in [3.8, 4) is 5.75 Å². The Labute approximate surface area is 176 Å². The van der Waals surface area contributed by atoms with Crippen LogP contribution in [0.3, 0.4) is 0 Å². The van der Waals surface area contributed by atoms with Crippen molar-refractivity contribution in [3.63, 3.8) is 0 Å². The lowest BCUT2D eigenvalue weighted by atomic mass is 10.0. The van der Waals surface area contributed by atoms with E-state index in [2.05, 4.69) is 17.2 Å². The van der Waals surface area contributed by atoms with Crippen molar-refractivity contribution in [2.45, 2.75) is 19.0 Å². The summed E-state index contributed by atoms with van der Waals surface area (Å²) < 4.78 is 10.9. The molecule has 2 aromatic carbocycles. The summed E-state index contributed by atoms with van der Waals surface area (Å²) in [6.45, 7) is 0.965. The maximum absolute atomic E-state index is 13.1. The van der Waals surface area contributed by atoms with E-state index in [9.17, 15) is 4.79 Å². The van der Waals surface area contributed by atoms with Gasteiger partial charge in [-0.3, -0.25) is 9.69 Å². The minimum absolute atomic E-state index is 0.0571. The van der Waals surface area contributed by atoms with E-state index >= 15 is 0 Å². The second kappa shape index (κ2) is 8.97. The SMILES string of the molecule is COc1ccc(C2=NN(C(=O)CN(C)Cc3ccccc3)C(c3ccco3)C2)cc1. The molecular weight excluding hydrogens is 378 g/mol. The molecule has 0 saturated carbocycles. The summed E-state index contributed by atoms with van der Waals surface area (Å²) in [7, 11) is 3.58. The predicted molar refractivity (Wildman–Crippen MR) is 115 cm³/mol. The Morgan fingerprint density at radius 1 is 1.13 bits per heavy atom. The third-order valence-corrected chi connectivity index (χ3v) is 5.16. The van der Waals surface area contributed by atoms with Gasteiger partial charge in [0.15, 0.2) is 0 Å². The molecule has 1 aliphatic rings. The summed E-state index contributed by atoms with van der Waals surface area (Å²) in [5, 5.41) is 6.25. The Hall–Kier alpha value is -3.38. The van der Waals surface area contributed by atoms with Crippen molar-refractivity contribution in [1.82, 2.24) is 9.91 Å². The van der Waals surface area contributed by atoms with E-state index in [1.165, 1.54) is 5.56 Å². The number of benzene rings is 2. The molecule has 2 heterocycles. The van der Waals surface area contributed by atoms with Crippen LogP contribution < -0.4 is 4.74 Å². The Balaban J connectivity index is 1.52. The molecule has 1 unspecified atom stereocenters. The monoisotopic (exact) mass is 403 g/mol. The second-order valence-electron chi connectivity index (χ2n) is 7.41. The smallest absolute Gasteiger partial charge is 0.257 e. The number of methoxy groups -OCH3 is 1. The molecule has 0 fully saturated rings. The maximum Gasteiger partial charge on any atom is 0.257 e. The Morgan fingerprint density at radius 3 is 2.57 bits per heavy atom. The molecule has 0 bridgehead atoms. The van der Waals surface area contributed by atoms with Crippen LogP contribution in [0.2, 0.25) is 0 Å². The molecule has 4 rings (SSSR count). The minimum Gasteiger partial charge on any atom is -0.497 e. The van der Waals surface area contributed by atoms with Gasteiger partial charge in [-0.1, -0.05) is 30.3 Å². The Morgan fingerprint density at radius 2 is 1.90 bits per heavy atom. The zero-order valence-corrected chi connectivity index (χ0v) is 17.2. The van der Waals surface area contributed by atoms with E-state index in [1.54, 1.807) is 18.4 Å². The zero-order valence-electron chi connectivity index (χ0n) is 17.2. The van der Waals surface area contributed by atoms with Crippen molar-refractivity contribution in [3.05, 3.63) is 89.9 Å². The quantitative estimate of drug-likeness (QED) is 0.596. The van der Waals surface area contributed by atoms with E-state index in [4.69, 9.17) is 9.15 Å². The molecule has 6 nitrogen and oxygen atoms in total. The summed E-state index contributed by atoms with van der Waals surface area (Å²) in [6.07, 6.45) is 2.23. The van der Waals surface area contributed by atoms with E-state index in [1.807, 2.05) is 66.5 Å². The van der Waals surface area contributed by atoms with E-state index < -0.39 is 0 Å². The van der Waals surface area contributed by atoms with Gasteiger partial charge < -0.3 is 9.15 Å². The van der Waals surface area contributed by atoms with Crippen molar-refractivity contribution in [2.75, 3.05) is 20.7 Å². The first kappa shape index (κ1) is 19.9. The molecule has 30 heavy (non-hydrogen) atoms. The van der Waals surface area contributed by atoms with Crippen LogP contribution in [0.1, 0.15) is 29.3 Å². The zero-order chi connectivity index (χ0) is 20.9. The van der Waals surface area contributed by atoms with Gasteiger partial charge >= 0.3 is 0 Å². The molecule has 0 radical (unpaired) electrons. The Bertz CT molecular complexity index is 998. The standard InChI is InChI=1S/C24H25N3O3/c1-26(16-18-7-4-3-5-8-18)17-24(28)27-22(23-9-6-14-30-23)15-21(25-27)19-10-12-20(29-2)13-11-19/h3-14,22H,15-17H2,1-2H3. The maximum atomic E-state index is 13.1. The van der Waals surface area contributed by atoms with Crippen LogP contribution in [0.5, 0.6) is 5.75 Å². The molecular formula is C24H25N3O3. The molecule has 1 amide bonds. The number of furan rings is 1. The first-order valence-electron chi connectivity index (χ1n) is 9.94. The lowest BCUT2D eigenvalue weighted by molar-refractivity contribution is -0.134. The summed E-state index contributed by atoms with van der Waals surface area (Å²) >= 11 is 0. The van der Waals surface area contributed by atoms with Crippen molar-refractivity contribution in [1.29, 1.82) is 0 Å². The van der Waals surface area contributed by atoms with Crippen LogP contribution in [0, 0.1) is 0 Å². The number of rotatable bonds is 7. The average Bonchev–Trinajstić information content (AvgIpc) is 3.44. The highest BCUT2D eigenvalue weighted by molar-refractivity contribution is 6.03. The van der Waals surface area contributed by atoms with Crippen molar-refractivity contribution >= 4 is 11.6 Å². The van der Waals surface area contributed by atoms with Crippen LogP contribution in [0.15, 0.2) is 82.5 Å². The number of hydrogen-bond acceptors (Lipinski definition) is 5. The molecule has 3 aromatic rings. The summed E-state index contributed by atoms with van der Waals surface area (Å²) in [5.41, 5.74) is 3.00. The van der Waals surface area contributed by atoms with E-state index in [-0.39, 0.29) is 18.5 Å². The third-order valence-electron chi connectivity index (χ3n) is 5.16. The predicted octanol–water partition coefficient (Wildman–Crippen LogP) is 4.10. The lowest BCUT2D eigenvalue weighted by Gasteiger charge is -2.23. The highest BCUT2D eigenvalue weighted by Crippen LogP contribution is 2.33. The third kappa shape index (κ3) is 4.44. The summed E-state index contributed by atoms with van der Waals surface area (Å²) in [4.78, 5) is 15.1. The van der Waals surface area contributed by atoms with Gasteiger partial charge in [0, 0.05) is 13.0 Å². The topological polar surface area (TPSA) is 58.3 Å². The van der Waals surface area contributed by atoms with Crippen LogP contribution in [0.25, 0.3) is 0 Å². The van der Waals surface area contributed by atoms with Gasteiger partial charge in [-0.2, -0.15) is 5.10 Å². The van der Waals surface area contributed by atoms with Gasteiger partial charge in [-0.25, -0.2) is 5.01 Å². The van der Waals surface area contributed by atoms with Gasteiger partial charge in [0.05, 0.1) is 25.6 Å². The first-order chi connectivity index (χ1) is 14.6. The van der Waals surface area contributed by atoms with E-state index in [0.717, 1.165) is 22.8 Å². The van der Waals surface area contributed by atoms with Gasteiger partial charge in [0.25, 0.3) is 5.91 Å². The van der Waals surface area contributed by atoms with Crippen LogP contribution in [-0.4, -0.2) is 42.2 Å². The fraction of sp³-hybridized carbons (Fsp3) is 0.250. The summed E-state index contributed by atoms with van der Waals surface area (Å²) in [5.74, 6) is 1.47. The van der Waals surface area contributed by atoms with Crippen LogP contribution in [-0.2, 0) is 11.3 Å². The van der Waals surface area contributed by atoms with Gasteiger partial charge in [0.2, 0.25) is 0 Å². The molecule has 1 aliphatic heterocycles. The normalized spacial score (nSPS) is 16.0. The number of hydrogen-bond donors (Lipinski definition) is 0. The van der Waals surface area contributed by atoms with Crippen molar-refractivity contribution < 1.29 is 13.9 Å². The molecule has 0 saturated heterocycles. The Kier molecular flexibility index (Phi) is 5.95.